The number of ether oxygens (including phenoxy) is 1. The number of carboxylic acid groups (broad SMARTS) is 1. The average Bonchev–Trinajstić information content (AvgIpc) is 3.67. The van der Waals surface area contributed by atoms with E-state index in [-0.39, 0.29) is 40.3 Å². The van der Waals surface area contributed by atoms with Gasteiger partial charge in [-0.3, -0.25) is 4.79 Å². The molecule has 1 heterocycles. The smallest absolute Gasteiger partial charge is 0.309 e. The number of hydrogen-bond donors (Lipinski definition) is 2. The first kappa shape index (κ1) is 33.0. The fourth-order valence-electron chi connectivity index (χ4n) is 13.3. The Bertz CT molecular complexity index is 1550. The van der Waals surface area contributed by atoms with Crippen molar-refractivity contribution in [1.82, 2.24) is 15.0 Å². The maximum absolute atomic E-state index is 13.0. The highest BCUT2D eigenvalue weighted by atomic mass is 16.5. The zero-order valence-electron chi connectivity index (χ0n) is 29.6. The lowest BCUT2D eigenvalue weighted by atomic mass is 9.32. The van der Waals surface area contributed by atoms with E-state index in [1.54, 1.807) is 4.68 Å². The summed E-state index contributed by atoms with van der Waals surface area (Å²) >= 11 is 0. The molecule has 5 aliphatic carbocycles. The number of carboxylic acids is 1. The molecular weight excluding hydrogens is 586 g/mol. The fourth-order valence-corrected chi connectivity index (χ4v) is 13.3. The molecule has 10 atom stereocenters. The van der Waals surface area contributed by atoms with Gasteiger partial charge in [0.1, 0.15) is 5.69 Å². The van der Waals surface area contributed by atoms with E-state index in [4.69, 9.17) is 4.74 Å². The Morgan fingerprint density at radius 3 is 2.49 bits per heavy atom. The first-order valence-corrected chi connectivity index (χ1v) is 18.3. The van der Waals surface area contributed by atoms with E-state index < -0.39 is 11.4 Å². The summed E-state index contributed by atoms with van der Waals surface area (Å²) in [5.74, 6) is 1.66. The molecule has 0 saturated heterocycles. The number of benzene rings is 1. The zero-order chi connectivity index (χ0) is 33.6. The number of aromatic nitrogens is 3. The molecule has 0 aliphatic heterocycles. The van der Waals surface area contributed by atoms with E-state index in [2.05, 4.69) is 58.4 Å². The van der Waals surface area contributed by atoms with Gasteiger partial charge in [0.05, 0.1) is 36.6 Å². The SMILES string of the molecule is C=C(C)[C@@H]1CC[C@]2(C(=O)O)CC[C@]3(C)[C@H](CC[C@@H]4[C@@]5(C)CC[C@H](OCc6cn(-c7cccc(CO)c7)nn6)C(C)(C)[C@@H]5CC[C@]43C)[C@@H]12. The van der Waals surface area contributed by atoms with Crippen molar-refractivity contribution in [3.63, 3.8) is 0 Å². The molecule has 5 fully saturated rings. The second kappa shape index (κ2) is 11.3. The van der Waals surface area contributed by atoms with Crippen molar-refractivity contribution in [3.05, 3.63) is 53.9 Å². The number of rotatable bonds is 7. The Morgan fingerprint density at radius 2 is 1.77 bits per heavy atom. The van der Waals surface area contributed by atoms with Gasteiger partial charge in [0, 0.05) is 0 Å². The Kier molecular flexibility index (Phi) is 7.91. The standard InChI is InChI=1S/C40H57N3O4/c1-25(2)29-13-18-40(35(45)46)20-19-38(6)30(34(29)40)11-12-32-37(5)16-15-33(36(3,4)31(37)14-17-39(32,38)7)47-24-27-22-43(42-41-27)28-10-8-9-26(21-28)23-44/h8-10,21-22,29-34,44H,1,11-20,23-24H2,2-7H3,(H,45,46)/t29-,30+,31-,32+,33-,34+,37-,38+,39+,40-/m0/s1. The molecule has 2 aromatic rings. The second-order valence-corrected chi connectivity index (χ2v) is 17.8. The molecule has 256 valence electrons. The third-order valence-electron chi connectivity index (χ3n) is 15.8. The van der Waals surface area contributed by atoms with Crippen LogP contribution in [0.2, 0.25) is 0 Å². The van der Waals surface area contributed by atoms with Crippen molar-refractivity contribution in [2.24, 2.45) is 56.7 Å². The Balaban J connectivity index is 1.10. The molecule has 7 nitrogen and oxygen atoms in total. The topological polar surface area (TPSA) is 97.5 Å². The average molecular weight is 644 g/mol. The van der Waals surface area contributed by atoms with Gasteiger partial charge < -0.3 is 14.9 Å². The monoisotopic (exact) mass is 643 g/mol. The predicted octanol–water partition coefficient (Wildman–Crippen LogP) is 8.39. The maximum Gasteiger partial charge on any atom is 0.309 e. The minimum Gasteiger partial charge on any atom is -0.481 e. The van der Waals surface area contributed by atoms with Crippen LogP contribution in [-0.4, -0.2) is 37.3 Å². The number of aliphatic hydroxyl groups excluding tert-OH is 1. The predicted molar refractivity (Wildman–Crippen MR) is 182 cm³/mol. The van der Waals surface area contributed by atoms with E-state index in [1.165, 1.54) is 31.3 Å². The van der Waals surface area contributed by atoms with Gasteiger partial charge in [-0.25, -0.2) is 4.68 Å². The van der Waals surface area contributed by atoms with Crippen LogP contribution >= 0.6 is 0 Å². The summed E-state index contributed by atoms with van der Waals surface area (Å²) in [6.07, 6.45) is 12.8. The molecule has 5 saturated carbocycles. The molecule has 47 heavy (non-hydrogen) atoms. The number of hydrogen-bond acceptors (Lipinski definition) is 5. The van der Waals surface area contributed by atoms with Gasteiger partial charge in [-0.05, 0) is 140 Å². The summed E-state index contributed by atoms with van der Waals surface area (Å²) in [6.45, 7) is 19.7. The lowest BCUT2D eigenvalue weighted by Gasteiger charge is -2.72. The van der Waals surface area contributed by atoms with E-state index in [9.17, 15) is 15.0 Å². The molecule has 0 bridgehead atoms. The normalized spacial score (nSPS) is 42.1. The Morgan fingerprint density at radius 1 is 0.979 bits per heavy atom. The lowest BCUT2D eigenvalue weighted by molar-refractivity contribution is -0.252. The van der Waals surface area contributed by atoms with Gasteiger partial charge >= 0.3 is 5.97 Å². The van der Waals surface area contributed by atoms with Gasteiger partial charge in [-0.2, -0.15) is 0 Å². The number of aliphatic carboxylic acids is 1. The van der Waals surface area contributed by atoms with Gasteiger partial charge in [0.15, 0.2) is 0 Å². The highest BCUT2D eigenvalue weighted by Crippen LogP contribution is 2.77. The number of nitrogens with zero attached hydrogens (tertiary/aromatic N) is 3. The van der Waals surface area contributed by atoms with Crippen molar-refractivity contribution in [2.45, 2.75) is 125 Å². The molecule has 2 N–H and O–H groups in total. The number of carbonyl (C=O) groups is 1. The van der Waals surface area contributed by atoms with E-state index in [0.29, 0.717) is 30.3 Å². The number of fused-ring (bicyclic) bond motifs is 7. The van der Waals surface area contributed by atoms with Crippen LogP contribution in [0.1, 0.15) is 117 Å². The van der Waals surface area contributed by atoms with Gasteiger partial charge in [-0.15, -0.1) is 5.10 Å². The van der Waals surface area contributed by atoms with Gasteiger partial charge in [0.25, 0.3) is 0 Å². The second-order valence-electron chi connectivity index (χ2n) is 17.8. The highest BCUT2D eigenvalue weighted by Gasteiger charge is 2.72. The molecule has 0 amide bonds. The van der Waals surface area contributed by atoms with E-state index >= 15 is 0 Å². The Labute approximate surface area is 281 Å². The molecule has 1 aromatic heterocycles. The van der Waals surface area contributed by atoms with Crippen LogP contribution in [0.5, 0.6) is 0 Å². The molecule has 0 radical (unpaired) electrons. The first-order chi connectivity index (χ1) is 22.2. The molecule has 0 spiro atoms. The van der Waals surface area contributed by atoms with Crippen LogP contribution in [-0.2, 0) is 22.7 Å². The number of allylic oxidation sites excluding steroid dienone is 1. The first-order valence-electron chi connectivity index (χ1n) is 18.3. The largest absolute Gasteiger partial charge is 0.481 e. The minimum atomic E-state index is -0.565. The third-order valence-corrected chi connectivity index (χ3v) is 15.8. The minimum absolute atomic E-state index is 0.00338. The third kappa shape index (κ3) is 4.68. The van der Waals surface area contributed by atoms with Crippen molar-refractivity contribution >= 4 is 5.97 Å². The molecule has 5 aliphatic rings. The van der Waals surface area contributed by atoms with Crippen molar-refractivity contribution in [1.29, 1.82) is 0 Å². The molecule has 1 aromatic carbocycles. The molecule has 7 rings (SSSR count). The summed E-state index contributed by atoms with van der Waals surface area (Å²) in [7, 11) is 0. The van der Waals surface area contributed by atoms with Crippen LogP contribution in [0.15, 0.2) is 42.6 Å². The summed E-state index contributed by atoms with van der Waals surface area (Å²) in [5, 5.41) is 29.0. The maximum atomic E-state index is 13.0. The van der Waals surface area contributed by atoms with Crippen LogP contribution in [0.25, 0.3) is 5.69 Å². The quantitative estimate of drug-likeness (QED) is 0.294. The molecule has 7 heteroatoms. The zero-order valence-corrected chi connectivity index (χ0v) is 29.6. The summed E-state index contributed by atoms with van der Waals surface area (Å²) in [6, 6.07) is 7.72. The van der Waals surface area contributed by atoms with Crippen LogP contribution in [0.4, 0.5) is 0 Å². The highest BCUT2D eigenvalue weighted by molar-refractivity contribution is 5.76. The van der Waals surface area contributed by atoms with Crippen LogP contribution in [0.3, 0.4) is 0 Å². The van der Waals surface area contributed by atoms with Crippen molar-refractivity contribution in [3.8, 4) is 5.69 Å². The van der Waals surface area contributed by atoms with Gasteiger partial charge in [0.2, 0.25) is 0 Å². The molecular formula is C40H57N3O4. The lowest BCUT2D eigenvalue weighted by Crippen LogP contribution is -2.67. The number of aliphatic hydroxyl groups is 1. The van der Waals surface area contributed by atoms with E-state index in [0.717, 1.165) is 55.5 Å². The van der Waals surface area contributed by atoms with Crippen LogP contribution in [0, 0.1) is 56.7 Å². The Hall–Kier alpha value is -2.51. The van der Waals surface area contributed by atoms with Gasteiger partial charge in [-0.1, -0.05) is 64.1 Å². The molecule has 0 unspecified atom stereocenters. The van der Waals surface area contributed by atoms with E-state index in [1.807, 2.05) is 30.5 Å². The summed E-state index contributed by atoms with van der Waals surface area (Å²) in [5.41, 5.74) is 3.78. The fraction of sp³-hybridized carbons (Fsp3) is 0.725. The summed E-state index contributed by atoms with van der Waals surface area (Å²) < 4.78 is 8.49. The van der Waals surface area contributed by atoms with Crippen molar-refractivity contribution < 1.29 is 19.7 Å². The van der Waals surface area contributed by atoms with Crippen LogP contribution < -0.4 is 0 Å². The summed E-state index contributed by atoms with van der Waals surface area (Å²) in [4.78, 5) is 13.0. The van der Waals surface area contributed by atoms with Crippen molar-refractivity contribution in [2.75, 3.05) is 0 Å².